The summed E-state index contributed by atoms with van der Waals surface area (Å²) in [6, 6.07) is 35.7. The lowest BCUT2D eigenvalue weighted by Gasteiger charge is -2.08. The molecule has 290 valence electrons. The number of hydrogen-bond donors (Lipinski definition) is 0. The van der Waals surface area contributed by atoms with Gasteiger partial charge in [-0.2, -0.15) is 0 Å². The SMILES string of the molecule is CCCCCCCOc1ccc(N=Cc2ccc(C(=O)Oc3cccc(OC(=O)c4ccc(C=Nc5ccc(OCCCCCCC)cc5)cc4)c3)cc2)cc1. The third-order valence-corrected chi connectivity index (χ3v) is 8.95. The number of rotatable bonds is 22. The highest BCUT2D eigenvalue weighted by molar-refractivity contribution is 5.93. The van der Waals surface area contributed by atoms with Gasteiger partial charge in [0.15, 0.2) is 0 Å². The van der Waals surface area contributed by atoms with Gasteiger partial charge in [-0.1, -0.05) is 95.5 Å². The first-order valence-corrected chi connectivity index (χ1v) is 19.8. The Morgan fingerprint density at radius 1 is 0.464 bits per heavy atom. The highest BCUT2D eigenvalue weighted by Crippen LogP contribution is 2.23. The summed E-state index contributed by atoms with van der Waals surface area (Å²) in [5, 5.41) is 0. The van der Waals surface area contributed by atoms with E-state index in [4.69, 9.17) is 18.9 Å². The Bertz CT molecular complexity index is 1840. The second-order valence-corrected chi connectivity index (χ2v) is 13.5. The lowest BCUT2D eigenvalue weighted by Crippen LogP contribution is -2.10. The molecule has 0 aliphatic carbocycles. The van der Waals surface area contributed by atoms with Crippen LogP contribution in [0.3, 0.4) is 0 Å². The molecule has 8 nitrogen and oxygen atoms in total. The lowest BCUT2D eigenvalue weighted by atomic mass is 10.1. The van der Waals surface area contributed by atoms with Crippen molar-refractivity contribution < 1.29 is 28.5 Å². The smallest absolute Gasteiger partial charge is 0.343 e. The van der Waals surface area contributed by atoms with Crippen LogP contribution in [0, 0.1) is 0 Å². The van der Waals surface area contributed by atoms with Gasteiger partial charge < -0.3 is 18.9 Å². The maximum Gasteiger partial charge on any atom is 0.343 e. The molecule has 0 fully saturated rings. The maximum absolute atomic E-state index is 12.9. The molecule has 0 atom stereocenters. The van der Waals surface area contributed by atoms with Crippen molar-refractivity contribution in [2.45, 2.75) is 78.1 Å². The number of hydrogen-bond acceptors (Lipinski definition) is 8. The van der Waals surface area contributed by atoms with Crippen LogP contribution in [-0.2, 0) is 0 Å². The molecule has 0 aromatic heterocycles. The van der Waals surface area contributed by atoms with Crippen molar-refractivity contribution in [3.8, 4) is 23.0 Å². The molecule has 8 heteroatoms. The van der Waals surface area contributed by atoms with Crippen molar-refractivity contribution in [2.24, 2.45) is 9.98 Å². The van der Waals surface area contributed by atoms with Gasteiger partial charge in [-0.3, -0.25) is 9.98 Å². The second kappa shape index (κ2) is 23.0. The summed E-state index contributed by atoms with van der Waals surface area (Å²) < 4.78 is 22.8. The Morgan fingerprint density at radius 3 is 1.25 bits per heavy atom. The van der Waals surface area contributed by atoms with Crippen molar-refractivity contribution in [1.29, 1.82) is 0 Å². The minimum atomic E-state index is -0.535. The first kappa shape index (κ1) is 41.1. The molecule has 0 aliphatic heterocycles. The Kier molecular flexibility index (Phi) is 16.9. The number of esters is 2. The van der Waals surface area contributed by atoms with Crippen molar-refractivity contribution in [1.82, 2.24) is 0 Å². The van der Waals surface area contributed by atoms with Crippen LogP contribution in [-0.4, -0.2) is 37.6 Å². The standard InChI is InChI=1S/C48H52N2O6/c1-3-5-7-9-11-32-53-43-28-24-41(25-29-43)49-35-37-16-20-39(21-17-37)47(51)55-45-14-13-15-46(34-45)56-48(52)40-22-18-38(19-23-40)36-50-42-26-30-44(31-27-42)54-33-12-10-8-6-4-2/h13-31,34-36H,3-12,32-33H2,1-2H3. The molecule has 56 heavy (non-hydrogen) atoms. The van der Waals surface area contributed by atoms with E-state index >= 15 is 0 Å². The summed E-state index contributed by atoms with van der Waals surface area (Å²) in [5.41, 5.74) is 4.03. The summed E-state index contributed by atoms with van der Waals surface area (Å²) in [6.07, 6.45) is 15.5. The van der Waals surface area contributed by atoms with E-state index in [2.05, 4.69) is 23.8 Å². The Labute approximate surface area is 331 Å². The minimum absolute atomic E-state index is 0.253. The molecule has 0 heterocycles. The van der Waals surface area contributed by atoms with Gasteiger partial charge in [0.2, 0.25) is 0 Å². The fourth-order valence-corrected chi connectivity index (χ4v) is 5.69. The second-order valence-electron chi connectivity index (χ2n) is 13.5. The van der Waals surface area contributed by atoms with Gasteiger partial charge in [-0.25, -0.2) is 9.59 Å². The van der Waals surface area contributed by atoms with Crippen molar-refractivity contribution in [3.05, 3.63) is 144 Å². The number of ether oxygens (including phenoxy) is 4. The summed E-state index contributed by atoms with van der Waals surface area (Å²) in [4.78, 5) is 34.9. The Morgan fingerprint density at radius 2 is 0.857 bits per heavy atom. The van der Waals surface area contributed by atoms with Crippen LogP contribution in [0.1, 0.15) is 110 Å². The van der Waals surface area contributed by atoms with Crippen molar-refractivity contribution in [3.63, 3.8) is 0 Å². The number of unbranched alkanes of at least 4 members (excludes halogenated alkanes) is 8. The van der Waals surface area contributed by atoms with Crippen LogP contribution in [0.2, 0.25) is 0 Å². The van der Waals surface area contributed by atoms with Crippen LogP contribution >= 0.6 is 0 Å². The molecule has 0 amide bonds. The van der Waals surface area contributed by atoms with Gasteiger partial charge in [0.05, 0.1) is 35.7 Å². The molecule has 0 spiro atoms. The van der Waals surface area contributed by atoms with Gasteiger partial charge in [0, 0.05) is 18.5 Å². The Balaban J connectivity index is 1.05. The minimum Gasteiger partial charge on any atom is -0.494 e. The molecule has 0 saturated heterocycles. The molecular formula is C48H52N2O6. The van der Waals surface area contributed by atoms with Crippen LogP contribution < -0.4 is 18.9 Å². The molecular weight excluding hydrogens is 701 g/mol. The van der Waals surface area contributed by atoms with Gasteiger partial charge >= 0.3 is 11.9 Å². The van der Waals surface area contributed by atoms with Crippen LogP contribution in [0.25, 0.3) is 0 Å². The number of aliphatic imine (C=N–C) groups is 2. The highest BCUT2D eigenvalue weighted by Gasteiger charge is 2.12. The van der Waals surface area contributed by atoms with E-state index in [1.165, 1.54) is 57.4 Å². The van der Waals surface area contributed by atoms with Crippen LogP contribution in [0.4, 0.5) is 11.4 Å². The van der Waals surface area contributed by atoms with Gasteiger partial charge in [0.1, 0.15) is 23.0 Å². The van der Waals surface area contributed by atoms with E-state index in [-0.39, 0.29) is 11.5 Å². The summed E-state index contributed by atoms with van der Waals surface area (Å²) in [7, 11) is 0. The zero-order chi connectivity index (χ0) is 39.2. The summed E-state index contributed by atoms with van der Waals surface area (Å²) in [5.74, 6) is 1.11. The molecule has 0 aliphatic rings. The van der Waals surface area contributed by atoms with E-state index in [0.717, 1.165) is 60.1 Å². The molecule has 0 N–H and O–H groups in total. The topological polar surface area (TPSA) is 95.8 Å². The largest absolute Gasteiger partial charge is 0.494 e. The average molecular weight is 753 g/mol. The van der Waals surface area contributed by atoms with Crippen molar-refractivity contribution in [2.75, 3.05) is 13.2 Å². The van der Waals surface area contributed by atoms with E-state index in [1.54, 1.807) is 79.2 Å². The van der Waals surface area contributed by atoms with Crippen LogP contribution in [0.5, 0.6) is 23.0 Å². The predicted octanol–water partition coefficient (Wildman–Crippen LogP) is 12.3. The molecule has 0 bridgehead atoms. The molecule has 0 radical (unpaired) electrons. The number of benzene rings is 5. The summed E-state index contributed by atoms with van der Waals surface area (Å²) in [6.45, 7) is 5.87. The maximum atomic E-state index is 12.9. The third-order valence-electron chi connectivity index (χ3n) is 8.95. The normalized spacial score (nSPS) is 11.2. The Hall–Kier alpha value is -6.02. The van der Waals surface area contributed by atoms with E-state index < -0.39 is 11.9 Å². The monoisotopic (exact) mass is 752 g/mol. The average Bonchev–Trinajstić information content (AvgIpc) is 3.23. The number of carbonyl (C=O) groups excluding carboxylic acids is 2. The number of carbonyl (C=O) groups is 2. The first-order chi connectivity index (χ1) is 27.5. The first-order valence-electron chi connectivity index (χ1n) is 19.8. The van der Waals surface area contributed by atoms with E-state index in [0.29, 0.717) is 11.1 Å². The quantitative estimate of drug-likeness (QED) is 0.0302. The molecule has 5 aromatic rings. The lowest BCUT2D eigenvalue weighted by molar-refractivity contribution is 0.0733. The highest BCUT2D eigenvalue weighted by atomic mass is 16.5. The predicted molar refractivity (Wildman–Crippen MR) is 225 cm³/mol. The van der Waals surface area contributed by atoms with Gasteiger partial charge in [-0.15, -0.1) is 0 Å². The van der Waals surface area contributed by atoms with Crippen molar-refractivity contribution >= 4 is 35.7 Å². The van der Waals surface area contributed by atoms with E-state index in [9.17, 15) is 9.59 Å². The zero-order valence-corrected chi connectivity index (χ0v) is 32.5. The fraction of sp³-hybridized carbons (Fsp3) is 0.292. The number of nitrogens with zero attached hydrogens (tertiary/aromatic N) is 2. The molecule has 0 unspecified atom stereocenters. The zero-order valence-electron chi connectivity index (χ0n) is 32.5. The molecule has 5 aromatic carbocycles. The van der Waals surface area contributed by atoms with Gasteiger partial charge in [0.25, 0.3) is 0 Å². The van der Waals surface area contributed by atoms with Gasteiger partial charge in [-0.05, 0) is 109 Å². The summed E-state index contributed by atoms with van der Waals surface area (Å²) >= 11 is 0. The fourth-order valence-electron chi connectivity index (χ4n) is 5.69. The molecule has 5 rings (SSSR count). The third kappa shape index (κ3) is 14.3. The molecule has 0 saturated carbocycles. The van der Waals surface area contributed by atoms with Crippen LogP contribution in [0.15, 0.2) is 131 Å². The van der Waals surface area contributed by atoms with E-state index in [1.807, 2.05) is 48.5 Å².